The maximum atomic E-state index is 10.7. The van der Waals surface area contributed by atoms with Gasteiger partial charge in [0, 0.05) is 12.5 Å². The van der Waals surface area contributed by atoms with E-state index < -0.39 is 5.97 Å². The lowest BCUT2D eigenvalue weighted by atomic mass is 10.1. The maximum absolute atomic E-state index is 10.7. The smallest absolute Gasteiger partial charge is 0.327 e. The molecule has 0 aliphatic carbocycles. The van der Waals surface area contributed by atoms with E-state index in [0.29, 0.717) is 6.42 Å². The van der Waals surface area contributed by atoms with E-state index in [-0.39, 0.29) is 5.78 Å². The minimum absolute atomic E-state index is 0.277. The van der Waals surface area contributed by atoms with Crippen molar-refractivity contribution < 1.29 is 14.7 Å². The Kier molecular flexibility index (Phi) is 9.67. The van der Waals surface area contributed by atoms with Crippen LogP contribution in [0.5, 0.6) is 0 Å². The highest BCUT2D eigenvalue weighted by Crippen LogP contribution is 2.08. The van der Waals surface area contributed by atoms with Crippen LogP contribution in [0.1, 0.15) is 58.3 Å². The molecule has 1 N–H and O–H groups in total. The summed E-state index contributed by atoms with van der Waals surface area (Å²) < 4.78 is 0. The summed E-state index contributed by atoms with van der Waals surface area (Å²) in [4.78, 5) is 20.8. The summed E-state index contributed by atoms with van der Waals surface area (Å²) in [6.45, 7) is 1.63. The van der Waals surface area contributed by atoms with Crippen LogP contribution in [0.25, 0.3) is 0 Å². The third kappa shape index (κ3) is 12.9. The van der Waals surface area contributed by atoms with Crippen molar-refractivity contribution in [3.8, 4) is 0 Å². The lowest BCUT2D eigenvalue weighted by molar-refractivity contribution is -0.131. The van der Waals surface area contributed by atoms with E-state index in [1.807, 2.05) is 0 Å². The molecule has 0 rings (SSSR count). The van der Waals surface area contributed by atoms with Gasteiger partial charge in [0.2, 0.25) is 0 Å². The monoisotopic (exact) mass is 226 g/mol. The van der Waals surface area contributed by atoms with Crippen LogP contribution in [0, 0.1) is 0 Å². The van der Waals surface area contributed by atoms with E-state index in [9.17, 15) is 9.59 Å². The molecule has 0 atom stereocenters. The summed E-state index contributed by atoms with van der Waals surface area (Å²) in [6, 6.07) is 0. The zero-order valence-electron chi connectivity index (χ0n) is 10.1. The summed E-state index contributed by atoms with van der Waals surface area (Å²) in [5, 5.41) is 8.34. The Morgan fingerprint density at radius 3 is 2.12 bits per heavy atom. The molecule has 0 aromatic heterocycles. The van der Waals surface area contributed by atoms with Crippen LogP contribution in [0.4, 0.5) is 0 Å². The Morgan fingerprint density at radius 2 is 1.56 bits per heavy atom. The van der Waals surface area contributed by atoms with E-state index in [0.717, 1.165) is 32.1 Å². The Balaban J connectivity index is 3.10. The molecule has 92 valence electrons. The minimum atomic E-state index is -0.871. The largest absolute Gasteiger partial charge is 0.478 e. The molecular weight excluding hydrogens is 204 g/mol. The highest BCUT2D eigenvalue weighted by atomic mass is 16.4. The number of carboxylic acids is 1. The van der Waals surface area contributed by atoms with Crippen LogP contribution in [-0.2, 0) is 9.59 Å². The summed E-state index contributed by atoms with van der Waals surface area (Å²) in [5.41, 5.74) is 0. The van der Waals surface area contributed by atoms with Crippen LogP contribution in [0.15, 0.2) is 12.2 Å². The summed E-state index contributed by atoms with van der Waals surface area (Å²) in [6.07, 6.45) is 11.2. The van der Waals surface area contributed by atoms with Gasteiger partial charge in [0.25, 0.3) is 0 Å². The van der Waals surface area contributed by atoms with Gasteiger partial charge in [0.05, 0.1) is 0 Å². The normalized spacial score (nSPS) is 10.8. The zero-order chi connectivity index (χ0) is 12.2. The third-order valence-corrected chi connectivity index (χ3v) is 2.41. The molecule has 0 bridgehead atoms. The number of hydrogen-bond donors (Lipinski definition) is 1. The van der Waals surface area contributed by atoms with Gasteiger partial charge in [-0.3, -0.25) is 0 Å². The van der Waals surface area contributed by atoms with Crippen LogP contribution in [0.3, 0.4) is 0 Å². The van der Waals surface area contributed by atoms with Gasteiger partial charge in [0.1, 0.15) is 5.78 Å². The number of carbonyl (C=O) groups is 2. The van der Waals surface area contributed by atoms with Gasteiger partial charge < -0.3 is 9.90 Å². The number of allylic oxidation sites excluding steroid dienone is 1. The number of unbranched alkanes of at least 4 members (excludes halogenated alkanes) is 6. The predicted molar refractivity (Wildman–Crippen MR) is 64.4 cm³/mol. The quantitative estimate of drug-likeness (QED) is 0.459. The molecule has 0 aliphatic rings. The minimum Gasteiger partial charge on any atom is -0.478 e. The van der Waals surface area contributed by atoms with E-state index in [2.05, 4.69) is 0 Å². The van der Waals surface area contributed by atoms with Crippen LogP contribution < -0.4 is 0 Å². The average molecular weight is 226 g/mol. The molecule has 0 aromatic carbocycles. The van der Waals surface area contributed by atoms with Crippen LogP contribution >= 0.6 is 0 Å². The number of hydrogen-bond acceptors (Lipinski definition) is 2. The van der Waals surface area contributed by atoms with Crippen molar-refractivity contribution in [1.82, 2.24) is 0 Å². The lowest BCUT2D eigenvalue weighted by Gasteiger charge is -1.99. The van der Waals surface area contributed by atoms with Crippen molar-refractivity contribution in [2.24, 2.45) is 0 Å². The fourth-order valence-corrected chi connectivity index (χ4v) is 1.53. The molecule has 0 saturated heterocycles. The number of aliphatic carboxylic acids is 1. The van der Waals surface area contributed by atoms with Gasteiger partial charge in [-0.25, -0.2) is 4.79 Å². The predicted octanol–water partition coefficient (Wildman–Crippen LogP) is 3.34. The number of carbonyl (C=O) groups excluding carboxylic acids is 1. The van der Waals surface area contributed by atoms with Gasteiger partial charge in [-0.05, 0) is 26.2 Å². The van der Waals surface area contributed by atoms with Crippen molar-refractivity contribution >= 4 is 11.8 Å². The van der Waals surface area contributed by atoms with Gasteiger partial charge >= 0.3 is 5.97 Å². The Hall–Kier alpha value is -1.12. The Labute approximate surface area is 97.5 Å². The van der Waals surface area contributed by atoms with Crippen molar-refractivity contribution in [3.63, 3.8) is 0 Å². The lowest BCUT2D eigenvalue weighted by Crippen LogP contribution is -1.89. The van der Waals surface area contributed by atoms with Crippen LogP contribution in [-0.4, -0.2) is 16.9 Å². The van der Waals surface area contributed by atoms with Crippen molar-refractivity contribution in [1.29, 1.82) is 0 Å². The first-order valence-electron chi connectivity index (χ1n) is 6.02. The zero-order valence-corrected chi connectivity index (χ0v) is 10.1. The van der Waals surface area contributed by atoms with E-state index >= 15 is 0 Å². The fraction of sp³-hybridized carbons (Fsp3) is 0.692. The molecule has 0 unspecified atom stereocenters. The molecule has 0 aromatic rings. The highest BCUT2D eigenvalue weighted by Gasteiger charge is 1.94. The highest BCUT2D eigenvalue weighted by molar-refractivity contribution is 5.79. The summed E-state index contributed by atoms with van der Waals surface area (Å²) >= 11 is 0. The Bertz CT molecular complexity index is 231. The number of Topliss-reactive ketones (excluding diaryl/α,β-unsaturated/α-hetero) is 1. The SMILES string of the molecule is CC(=O)CCCCCCCC/C=C/C(=O)O. The molecular formula is C13H22O3. The molecule has 0 saturated carbocycles. The molecule has 0 heterocycles. The molecule has 0 radical (unpaired) electrons. The number of ketones is 1. The van der Waals surface area contributed by atoms with Crippen LogP contribution in [0.2, 0.25) is 0 Å². The van der Waals surface area contributed by atoms with Gasteiger partial charge in [-0.15, -0.1) is 0 Å². The van der Waals surface area contributed by atoms with Gasteiger partial charge in [-0.1, -0.05) is 31.8 Å². The molecule has 0 aliphatic heterocycles. The molecule has 3 heteroatoms. The number of rotatable bonds is 10. The maximum Gasteiger partial charge on any atom is 0.327 e. The second-order valence-electron chi connectivity index (χ2n) is 4.10. The fourth-order valence-electron chi connectivity index (χ4n) is 1.53. The molecule has 0 spiro atoms. The van der Waals surface area contributed by atoms with Gasteiger partial charge in [0.15, 0.2) is 0 Å². The molecule has 3 nitrogen and oxygen atoms in total. The van der Waals surface area contributed by atoms with Crippen molar-refractivity contribution in [3.05, 3.63) is 12.2 Å². The van der Waals surface area contributed by atoms with E-state index in [4.69, 9.17) is 5.11 Å². The van der Waals surface area contributed by atoms with E-state index in [1.165, 1.54) is 18.9 Å². The summed E-state index contributed by atoms with van der Waals surface area (Å²) in [5.74, 6) is -0.594. The summed E-state index contributed by atoms with van der Waals surface area (Å²) in [7, 11) is 0. The van der Waals surface area contributed by atoms with Crippen molar-refractivity contribution in [2.75, 3.05) is 0 Å². The van der Waals surface area contributed by atoms with Gasteiger partial charge in [-0.2, -0.15) is 0 Å². The first-order chi connectivity index (χ1) is 7.63. The number of carboxylic acid groups (broad SMARTS) is 1. The Morgan fingerprint density at radius 1 is 1.00 bits per heavy atom. The van der Waals surface area contributed by atoms with E-state index in [1.54, 1.807) is 13.0 Å². The molecule has 16 heavy (non-hydrogen) atoms. The first-order valence-corrected chi connectivity index (χ1v) is 6.02. The topological polar surface area (TPSA) is 54.4 Å². The van der Waals surface area contributed by atoms with Crippen molar-refractivity contribution in [2.45, 2.75) is 58.3 Å². The first kappa shape index (κ1) is 14.9. The standard InChI is InChI=1S/C13H22O3/c1-12(14)10-8-6-4-2-3-5-7-9-11-13(15)16/h9,11H,2-8,10H2,1H3,(H,15,16)/b11-9+. The molecule has 0 fully saturated rings. The average Bonchev–Trinajstić information content (AvgIpc) is 2.20. The second-order valence-corrected chi connectivity index (χ2v) is 4.10. The third-order valence-electron chi connectivity index (χ3n) is 2.41. The molecule has 0 amide bonds. The second kappa shape index (κ2) is 10.4.